The standard InChI is InChI=1S/C10H8ClF5O3S/c11-20(17,18)4-2-1-3-19-10-8(15)6(13)5(12)7(14)9(10)16/h1-4H2. The molecule has 0 bridgehead atoms. The van der Waals surface area contributed by atoms with Crippen LogP contribution < -0.4 is 4.74 Å². The fourth-order valence-corrected chi connectivity index (χ4v) is 2.14. The van der Waals surface area contributed by atoms with Gasteiger partial charge in [-0.1, -0.05) is 0 Å². The zero-order valence-electron chi connectivity index (χ0n) is 9.73. The molecule has 10 heteroatoms. The van der Waals surface area contributed by atoms with Crippen molar-refractivity contribution in [1.82, 2.24) is 0 Å². The van der Waals surface area contributed by atoms with Crippen molar-refractivity contribution in [2.75, 3.05) is 12.4 Å². The Morgan fingerprint density at radius 2 is 1.30 bits per heavy atom. The maximum Gasteiger partial charge on any atom is 0.232 e. The topological polar surface area (TPSA) is 43.4 Å². The van der Waals surface area contributed by atoms with Crippen molar-refractivity contribution in [3.05, 3.63) is 29.1 Å². The molecule has 0 aliphatic heterocycles. The molecule has 20 heavy (non-hydrogen) atoms. The van der Waals surface area contributed by atoms with Gasteiger partial charge in [0.1, 0.15) is 0 Å². The van der Waals surface area contributed by atoms with Crippen LogP contribution in [-0.4, -0.2) is 20.8 Å². The number of ether oxygens (including phenoxy) is 1. The Labute approximate surface area is 115 Å². The zero-order chi connectivity index (χ0) is 15.5. The van der Waals surface area contributed by atoms with Crippen LogP contribution in [0.25, 0.3) is 0 Å². The Morgan fingerprint density at radius 3 is 1.75 bits per heavy atom. The first-order valence-electron chi connectivity index (χ1n) is 5.21. The molecule has 1 aromatic carbocycles. The minimum Gasteiger partial charge on any atom is -0.487 e. The maximum absolute atomic E-state index is 13.1. The molecule has 0 unspecified atom stereocenters. The van der Waals surface area contributed by atoms with Gasteiger partial charge in [-0.15, -0.1) is 0 Å². The van der Waals surface area contributed by atoms with Crippen molar-refractivity contribution in [2.24, 2.45) is 0 Å². The first-order valence-corrected chi connectivity index (χ1v) is 7.69. The Hall–Kier alpha value is -1.09. The molecule has 0 fully saturated rings. The molecule has 0 heterocycles. The van der Waals surface area contributed by atoms with Gasteiger partial charge in [0.05, 0.1) is 12.4 Å². The monoisotopic (exact) mass is 338 g/mol. The molecule has 0 atom stereocenters. The molecule has 0 N–H and O–H groups in total. The molecule has 0 radical (unpaired) electrons. The minimum atomic E-state index is -3.71. The fourth-order valence-electron chi connectivity index (χ4n) is 1.26. The summed E-state index contributed by atoms with van der Waals surface area (Å²) in [6.45, 7) is -0.426. The number of unbranched alkanes of at least 4 members (excludes halogenated alkanes) is 1. The highest BCUT2D eigenvalue weighted by atomic mass is 35.7. The van der Waals surface area contributed by atoms with Gasteiger partial charge in [0, 0.05) is 10.7 Å². The van der Waals surface area contributed by atoms with Gasteiger partial charge in [0.15, 0.2) is 5.75 Å². The van der Waals surface area contributed by atoms with Gasteiger partial charge in [-0.3, -0.25) is 0 Å². The third-order valence-electron chi connectivity index (χ3n) is 2.20. The number of halogens is 6. The predicted octanol–water partition coefficient (Wildman–Crippen LogP) is 3.11. The maximum atomic E-state index is 13.1. The molecular formula is C10H8ClF5O3S. The van der Waals surface area contributed by atoms with Gasteiger partial charge in [-0.25, -0.2) is 21.6 Å². The van der Waals surface area contributed by atoms with Crippen molar-refractivity contribution >= 4 is 19.7 Å². The lowest BCUT2D eigenvalue weighted by Gasteiger charge is -2.09. The average Bonchev–Trinajstić information content (AvgIpc) is 2.36. The van der Waals surface area contributed by atoms with E-state index in [1.807, 2.05) is 0 Å². The van der Waals surface area contributed by atoms with E-state index in [-0.39, 0.29) is 12.8 Å². The third kappa shape index (κ3) is 4.20. The number of rotatable bonds is 6. The van der Waals surface area contributed by atoms with Crippen LogP contribution in [0.3, 0.4) is 0 Å². The lowest BCUT2D eigenvalue weighted by atomic mass is 10.2. The van der Waals surface area contributed by atoms with Crippen molar-refractivity contribution in [3.8, 4) is 5.75 Å². The quantitative estimate of drug-likeness (QED) is 0.263. The summed E-state index contributed by atoms with van der Waals surface area (Å²) in [5.41, 5.74) is 0. The van der Waals surface area contributed by atoms with Crippen LogP contribution in [0.15, 0.2) is 0 Å². The summed E-state index contributed by atoms with van der Waals surface area (Å²) in [5.74, 6) is -12.4. The summed E-state index contributed by atoms with van der Waals surface area (Å²) < 4.78 is 90.2. The summed E-state index contributed by atoms with van der Waals surface area (Å²) in [7, 11) is 1.20. The van der Waals surface area contributed by atoms with E-state index < -0.39 is 56.2 Å². The Balaban J connectivity index is 2.70. The van der Waals surface area contributed by atoms with Crippen LogP contribution in [0.4, 0.5) is 22.0 Å². The first-order chi connectivity index (χ1) is 9.15. The van der Waals surface area contributed by atoms with Crippen LogP contribution in [0, 0.1) is 29.1 Å². The molecule has 1 aromatic rings. The summed E-state index contributed by atoms with van der Waals surface area (Å²) in [5, 5.41) is 0. The van der Waals surface area contributed by atoms with Gasteiger partial charge in [-0.05, 0) is 12.8 Å². The first kappa shape index (κ1) is 17.0. The van der Waals surface area contributed by atoms with Gasteiger partial charge in [0.25, 0.3) is 0 Å². The van der Waals surface area contributed by atoms with Gasteiger partial charge in [-0.2, -0.15) is 8.78 Å². The Morgan fingerprint density at radius 1 is 0.850 bits per heavy atom. The van der Waals surface area contributed by atoms with Gasteiger partial charge in [0.2, 0.25) is 38.1 Å². The van der Waals surface area contributed by atoms with E-state index in [4.69, 9.17) is 10.7 Å². The van der Waals surface area contributed by atoms with E-state index in [1.165, 1.54) is 0 Å². The smallest absolute Gasteiger partial charge is 0.232 e. The van der Waals surface area contributed by atoms with E-state index in [1.54, 1.807) is 0 Å². The van der Waals surface area contributed by atoms with E-state index in [0.29, 0.717) is 0 Å². The molecule has 0 aliphatic carbocycles. The van der Waals surface area contributed by atoms with Crippen molar-refractivity contribution in [3.63, 3.8) is 0 Å². The van der Waals surface area contributed by atoms with Gasteiger partial charge >= 0.3 is 0 Å². The van der Waals surface area contributed by atoms with Crippen molar-refractivity contribution in [2.45, 2.75) is 12.8 Å². The number of benzene rings is 1. The van der Waals surface area contributed by atoms with E-state index in [2.05, 4.69) is 4.74 Å². The minimum absolute atomic E-state index is 0.00540. The number of hydrogen-bond acceptors (Lipinski definition) is 3. The van der Waals surface area contributed by atoms with E-state index in [9.17, 15) is 30.4 Å². The summed E-state index contributed by atoms with van der Waals surface area (Å²) in [4.78, 5) is 0. The second kappa shape index (κ2) is 6.57. The van der Waals surface area contributed by atoms with Gasteiger partial charge < -0.3 is 4.74 Å². The van der Waals surface area contributed by atoms with Crippen LogP contribution >= 0.6 is 10.7 Å². The highest BCUT2D eigenvalue weighted by Gasteiger charge is 2.26. The highest BCUT2D eigenvalue weighted by Crippen LogP contribution is 2.29. The lowest BCUT2D eigenvalue weighted by Crippen LogP contribution is -2.09. The van der Waals surface area contributed by atoms with Crippen LogP contribution in [0.2, 0.25) is 0 Å². The molecule has 0 saturated carbocycles. The second-order valence-electron chi connectivity index (χ2n) is 3.70. The molecule has 1 rings (SSSR count). The average molecular weight is 339 g/mol. The Bertz CT molecular complexity index is 576. The van der Waals surface area contributed by atoms with Crippen LogP contribution in [0.1, 0.15) is 12.8 Å². The molecule has 114 valence electrons. The molecule has 0 aromatic heterocycles. The number of hydrogen-bond donors (Lipinski definition) is 0. The van der Waals surface area contributed by atoms with Crippen molar-refractivity contribution < 1.29 is 35.1 Å². The van der Waals surface area contributed by atoms with Crippen molar-refractivity contribution in [1.29, 1.82) is 0 Å². The summed E-state index contributed by atoms with van der Waals surface area (Å²) in [6, 6.07) is 0. The Kier molecular flexibility index (Phi) is 5.58. The molecule has 0 aliphatic rings. The molecule has 0 spiro atoms. The molecular weight excluding hydrogens is 331 g/mol. The van der Waals surface area contributed by atoms with E-state index >= 15 is 0 Å². The SMILES string of the molecule is O=S(=O)(Cl)CCCCOc1c(F)c(F)c(F)c(F)c1F. The molecule has 0 saturated heterocycles. The fraction of sp³-hybridized carbons (Fsp3) is 0.400. The lowest BCUT2D eigenvalue weighted by molar-refractivity contribution is 0.258. The van der Waals surface area contributed by atoms with E-state index in [0.717, 1.165) is 0 Å². The summed E-state index contributed by atoms with van der Waals surface area (Å²) >= 11 is 0. The third-order valence-corrected chi connectivity index (χ3v) is 3.44. The molecule has 0 amide bonds. The zero-order valence-corrected chi connectivity index (χ0v) is 11.3. The van der Waals surface area contributed by atoms with Crippen LogP contribution in [-0.2, 0) is 9.05 Å². The highest BCUT2D eigenvalue weighted by molar-refractivity contribution is 8.13. The largest absolute Gasteiger partial charge is 0.487 e. The summed E-state index contributed by atoms with van der Waals surface area (Å²) in [6.07, 6.45) is 0.0205. The normalized spacial score (nSPS) is 11.7. The second-order valence-corrected chi connectivity index (χ2v) is 6.59. The van der Waals surface area contributed by atoms with Crippen LogP contribution in [0.5, 0.6) is 5.75 Å². The molecule has 3 nitrogen and oxygen atoms in total. The predicted molar refractivity (Wildman–Crippen MR) is 60.6 cm³/mol.